The summed E-state index contributed by atoms with van der Waals surface area (Å²) in [7, 11) is 0. The summed E-state index contributed by atoms with van der Waals surface area (Å²) >= 11 is 0. The second-order valence-corrected chi connectivity index (χ2v) is 6.14. The molecule has 7 heteroatoms. The van der Waals surface area contributed by atoms with E-state index in [-0.39, 0.29) is 0 Å². The average Bonchev–Trinajstić information content (AvgIpc) is 3.23. The summed E-state index contributed by atoms with van der Waals surface area (Å²) in [6.45, 7) is 5.66. The van der Waals surface area contributed by atoms with Gasteiger partial charge in [0.25, 0.3) is 0 Å². The smallest absolute Gasteiger partial charge is 0.226 e. The number of hydrogen-bond acceptors (Lipinski definition) is 7. The fourth-order valence-corrected chi connectivity index (χ4v) is 2.97. The van der Waals surface area contributed by atoms with Gasteiger partial charge in [-0.3, -0.25) is 4.90 Å². The second kappa shape index (κ2) is 7.88. The summed E-state index contributed by atoms with van der Waals surface area (Å²) < 4.78 is 5.23. The fourth-order valence-electron chi connectivity index (χ4n) is 2.97. The van der Waals surface area contributed by atoms with Crippen LogP contribution in [0.3, 0.4) is 0 Å². The van der Waals surface area contributed by atoms with Gasteiger partial charge in [0.15, 0.2) is 5.82 Å². The van der Waals surface area contributed by atoms with Gasteiger partial charge in [0.1, 0.15) is 11.9 Å². The van der Waals surface area contributed by atoms with Gasteiger partial charge in [0, 0.05) is 25.7 Å². The van der Waals surface area contributed by atoms with Gasteiger partial charge in [-0.25, -0.2) is 4.98 Å². The minimum Gasteiger partial charge on any atom is -0.369 e. The average molecular weight is 326 g/mol. The molecule has 3 heterocycles. The molecule has 1 atom stereocenters. The van der Waals surface area contributed by atoms with Gasteiger partial charge in [-0.15, -0.1) is 0 Å². The summed E-state index contributed by atoms with van der Waals surface area (Å²) in [6, 6.07) is 5.72. The molecule has 7 nitrogen and oxygen atoms in total. The van der Waals surface area contributed by atoms with E-state index in [4.69, 9.17) is 9.78 Å². The minimum atomic E-state index is 0.528. The van der Waals surface area contributed by atoms with Crippen molar-refractivity contribution in [3.63, 3.8) is 0 Å². The lowest BCUT2D eigenvalue weighted by Gasteiger charge is -2.14. The Hall–Kier alpha value is -2.46. The molecule has 0 amide bonds. The Bertz CT molecular complexity index is 707. The van der Waals surface area contributed by atoms with E-state index in [0.29, 0.717) is 17.3 Å². The van der Waals surface area contributed by atoms with E-state index >= 15 is 0 Å². The van der Waals surface area contributed by atoms with Crippen LogP contribution in [0.1, 0.15) is 37.0 Å². The molecule has 2 aromatic rings. The second-order valence-electron chi connectivity index (χ2n) is 6.14. The Morgan fingerprint density at radius 1 is 1.50 bits per heavy atom. The van der Waals surface area contributed by atoms with Gasteiger partial charge >= 0.3 is 0 Å². The molecule has 1 aliphatic heterocycles. The third-order valence-corrected chi connectivity index (χ3v) is 4.20. The van der Waals surface area contributed by atoms with Gasteiger partial charge < -0.3 is 9.84 Å². The van der Waals surface area contributed by atoms with E-state index in [2.05, 4.69) is 38.3 Å². The number of nitrogens with zero attached hydrogens (tertiary/aromatic N) is 5. The number of pyridine rings is 1. The highest BCUT2D eigenvalue weighted by atomic mass is 16.5. The number of nitriles is 1. The zero-order chi connectivity index (χ0) is 16.8. The summed E-state index contributed by atoms with van der Waals surface area (Å²) in [5.74, 6) is 2.69. The minimum absolute atomic E-state index is 0.528. The third-order valence-electron chi connectivity index (χ3n) is 4.20. The number of rotatable bonds is 7. The molecular formula is C17H22N6O. The topological polar surface area (TPSA) is 90.9 Å². The Morgan fingerprint density at radius 2 is 2.42 bits per heavy atom. The molecule has 1 fully saturated rings. The molecule has 0 aromatic carbocycles. The lowest BCUT2D eigenvalue weighted by atomic mass is 10.1. The summed E-state index contributed by atoms with van der Waals surface area (Å²) in [5, 5.41) is 16.4. The van der Waals surface area contributed by atoms with Gasteiger partial charge in [-0.05, 0) is 37.4 Å². The van der Waals surface area contributed by atoms with Crippen LogP contribution in [0.4, 0.5) is 5.82 Å². The first-order valence-electron chi connectivity index (χ1n) is 8.41. The molecule has 0 saturated carbocycles. The number of aryl methyl sites for hydroxylation is 1. The molecule has 1 aliphatic rings. The number of aromatic nitrogens is 3. The zero-order valence-corrected chi connectivity index (χ0v) is 13.9. The quantitative estimate of drug-likeness (QED) is 0.834. The molecule has 24 heavy (non-hydrogen) atoms. The Morgan fingerprint density at radius 3 is 3.25 bits per heavy atom. The van der Waals surface area contributed by atoms with Crippen molar-refractivity contribution in [2.24, 2.45) is 5.92 Å². The first-order chi connectivity index (χ1) is 11.8. The SMILES string of the molecule is CCCc1nc(CN2CC[C@@H](CNc3ncccc3C#N)C2)no1. The van der Waals surface area contributed by atoms with Crippen LogP contribution >= 0.6 is 0 Å². The number of hydrogen-bond donors (Lipinski definition) is 1. The van der Waals surface area contributed by atoms with Crippen molar-refractivity contribution in [2.75, 3.05) is 25.0 Å². The molecule has 1 saturated heterocycles. The molecule has 2 aromatic heterocycles. The van der Waals surface area contributed by atoms with Crippen LogP contribution in [-0.2, 0) is 13.0 Å². The zero-order valence-electron chi connectivity index (χ0n) is 13.9. The normalized spacial score (nSPS) is 17.8. The van der Waals surface area contributed by atoms with Crippen molar-refractivity contribution >= 4 is 5.82 Å². The van der Waals surface area contributed by atoms with E-state index in [9.17, 15) is 0 Å². The maximum Gasteiger partial charge on any atom is 0.226 e. The van der Waals surface area contributed by atoms with Crippen LogP contribution in [0.5, 0.6) is 0 Å². The van der Waals surface area contributed by atoms with E-state index in [1.54, 1.807) is 18.3 Å². The number of likely N-dealkylation sites (tertiary alicyclic amines) is 1. The standard InChI is InChI=1S/C17H22N6O/c1-2-4-16-21-15(22-24-16)12-23-8-6-13(11-23)10-20-17-14(9-18)5-3-7-19-17/h3,5,7,13H,2,4,6,8,10-12H2,1H3,(H,19,20)/t13-/m0/s1. The van der Waals surface area contributed by atoms with Gasteiger partial charge in [-0.2, -0.15) is 10.2 Å². The van der Waals surface area contributed by atoms with Crippen LogP contribution in [0.15, 0.2) is 22.9 Å². The first kappa shape index (κ1) is 16.4. The van der Waals surface area contributed by atoms with E-state index in [1.807, 2.05) is 0 Å². The number of anilines is 1. The van der Waals surface area contributed by atoms with Crippen LogP contribution < -0.4 is 5.32 Å². The summed E-state index contributed by atoms with van der Waals surface area (Å²) in [5.41, 5.74) is 0.586. The van der Waals surface area contributed by atoms with Crippen LogP contribution in [0.2, 0.25) is 0 Å². The predicted molar refractivity (Wildman–Crippen MR) is 89.1 cm³/mol. The number of nitrogens with one attached hydrogen (secondary N) is 1. The molecule has 0 radical (unpaired) electrons. The molecule has 1 N–H and O–H groups in total. The van der Waals surface area contributed by atoms with Crippen LogP contribution in [0, 0.1) is 17.2 Å². The third kappa shape index (κ3) is 4.09. The first-order valence-corrected chi connectivity index (χ1v) is 8.41. The molecule has 0 spiro atoms. The largest absolute Gasteiger partial charge is 0.369 e. The lowest BCUT2D eigenvalue weighted by Crippen LogP contribution is -2.23. The molecule has 0 aliphatic carbocycles. The van der Waals surface area contributed by atoms with Gasteiger partial charge in [0.2, 0.25) is 5.89 Å². The van der Waals surface area contributed by atoms with E-state index < -0.39 is 0 Å². The van der Waals surface area contributed by atoms with Crippen molar-refractivity contribution in [1.82, 2.24) is 20.0 Å². The molecular weight excluding hydrogens is 304 g/mol. The lowest BCUT2D eigenvalue weighted by molar-refractivity contribution is 0.300. The molecule has 3 rings (SSSR count). The van der Waals surface area contributed by atoms with Crippen LogP contribution in [-0.4, -0.2) is 39.7 Å². The van der Waals surface area contributed by atoms with Crippen molar-refractivity contribution in [1.29, 1.82) is 5.26 Å². The Balaban J connectivity index is 1.47. The van der Waals surface area contributed by atoms with Crippen LogP contribution in [0.25, 0.3) is 0 Å². The maximum atomic E-state index is 9.10. The van der Waals surface area contributed by atoms with Crippen molar-refractivity contribution in [3.05, 3.63) is 35.6 Å². The highest BCUT2D eigenvalue weighted by Crippen LogP contribution is 2.19. The monoisotopic (exact) mass is 326 g/mol. The maximum absolute atomic E-state index is 9.10. The Kier molecular flexibility index (Phi) is 5.39. The molecule has 126 valence electrons. The van der Waals surface area contributed by atoms with Crippen molar-refractivity contribution in [3.8, 4) is 6.07 Å². The highest BCUT2D eigenvalue weighted by Gasteiger charge is 2.24. The summed E-state index contributed by atoms with van der Waals surface area (Å²) in [6.07, 6.45) is 4.66. The van der Waals surface area contributed by atoms with Gasteiger partial charge in [-0.1, -0.05) is 12.1 Å². The van der Waals surface area contributed by atoms with E-state index in [1.165, 1.54) is 0 Å². The fraction of sp³-hybridized carbons (Fsp3) is 0.529. The van der Waals surface area contributed by atoms with E-state index in [0.717, 1.165) is 57.2 Å². The molecule has 0 bridgehead atoms. The summed E-state index contributed by atoms with van der Waals surface area (Å²) in [4.78, 5) is 11.0. The predicted octanol–water partition coefficient (Wildman–Crippen LogP) is 2.22. The Labute approximate surface area is 141 Å². The van der Waals surface area contributed by atoms with Gasteiger partial charge in [0.05, 0.1) is 12.1 Å². The van der Waals surface area contributed by atoms with Crippen molar-refractivity contribution < 1.29 is 4.52 Å². The molecule has 0 unspecified atom stereocenters. The highest BCUT2D eigenvalue weighted by molar-refractivity contribution is 5.51. The van der Waals surface area contributed by atoms with Crippen molar-refractivity contribution in [2.45, 2.75) is 32.7 Å².